The van der Waals surface area contributed by atoms with E-state index in [1.54, 1.807) is 30.4 Å². The average molecular weight is 393 g/mol. The van der Waals surface area contributed by atoms with Crippen molar-refractivity contribution in [3.63, 3.8) is 0 Å². The van der Waals surface area contributed by atoms with Gasteiger partial charge in [0.05, 0.1) is 18.4 Å². The van der Waals surface area contributed by atoms with E-state index in [2.05, 4.69) is 25.1 Å². The van der Waals surface area contributed by atoms with Crippen LogP contribution < -0.4 is 9.64 Å². The second-order valence-electron chi connectivity index (χ2n) is 7.02. The van der Waals surface area contributed by atoms with Gasteiger partial charge in [0.2, 0.25) is 11.8 Å². The number of aromatic nitrogens is 5. The fourth-order valence-corrected chi connectivity index (χ4v) is 3.42. The summed E-state index contributed by atoms with van der Waals surface area (Å²) in [7, 11) is 1.59. The second-order valence-corrected chi connectivity index (χ2v) is 7.02. The largest absolute Gasteiger partial charge is 0.481 e. The van der Waals surface area contributed by atoms with Crippen LogP contribution in [0.3, 0.4) is 0 Å². The first-order valence-electron chi connectivity index (χ1n) is 9.44. The van der Waals surface area contributed by atoms with Gasteiger partial charge in [-0.1, -0.05) is 11.6 Å². The minimum atomic E-state index is -0.000193. The molecular weight excluding hydrogens is 370 g/mol. The summed E-state index contributed by atoms with van der Waals surface area (Å²) in [6.07, 6.45) is 3.20. The molecule has 0 saturated carbocycles. The SMILES string of the molecule is COc1cc(C)nc(N2CCN(C(=O)c3cc(C)ccc3-n3cnnc3)CC2)n1. The van der Waals surface area contributed by atoms with Crippen LogP contribution in [-0.2, 0) is 0 Å². The van der Waals surface area contributed by atoms with Crippen molar-refractivity contribution in [3.8, 4) is 11.6 Å². The van der Waals surface area contributed by atoms with Gasteiger partial charge >= 0.3 is 0 Å². The van der Waals surface area contributed by atoms with Crippen molar-refractivity contribution in [3.05, 3.63) is 53.7 Å². The third-order valence-electron chi connectivity index (χ3n) is 4.96. The number of rotatable bonds is 4. The summed E-state index contributed by atoms with van der Waals surface area (Å²) in [5.74, 6) is 1.18. The number of nitrogens with zero attached hydrogens (tertiary/aromatic N) is 7. The van der Waals surface area contributed by atoms with Gasteiger partial charge < -0.3 is 14.5 Å². The molecule has 0 radical (unpaired) electrons. The number of amides is 1. The average Bonchev–Trinajstić information content (AvgIpc) is 3.27. The minimum Gasteiger partial charge on any atom is -0.481 e. The standard InChI is InChI=1S/C20H23N7O2/c1-14-4-5-17(27-12-21-22-13-27)16(10-14)19(28)25-6-8-26(9-7-25)20-23-15(2)11-18(24-20)29-3/h4-5,10-13H,6-9H2,1-3H3. The Balaban J connectivity index is 1.52. The quantitative estimate of drug-likeness (QED) is 0.666. The van der Waals surface area contributed by atoms with Gasteiger partial charge in [-0.05, 0) is 26.0 Å². The van der Waals surface area contributed by atoms with Crippen LogP contribution >= 0.6 is 0 Å². The molecule has 1 aromatic carbocycles. The number of methoxy groups -OCH3 is 1. The van der Waals surface area contributed by atoms with Gasteiger partial charge in [-0.3, -0.25) is 9.36 Å². The number of hydrogen-bond acceptors (Lipinski definition) is 7. The maximum absolute atomic E-state index is 13.3. The molecule has 3 heterocycles. The van der Waals surface area contributed by atoms with Crippen molar-refractivity contribution in [2.75, 3.05) is 38.2 Å². The highest BCUT2D eigenvalue weighted by molar-refractivity contribution is 5.98. The van der Waals surface area contributed by atoms with Crippen LogP contribution in [0.5, 0.6) is 5.88 Å². The Morgan fingerprint density at radius 3 is 2.41 bits per heavy atom. The molecule has 0 spiro atoms. The third-order valence-corrected chi connectivity index (χ3v) is 4.96. The fourth-order valence-electron chi connectivity index (χ4n) is 3.42. The third kappa shape index (κ3) is 3.89. The number of ether oxygens (including phenoxy) is 1. The van der Waals surface area contributed by atoms with E-state index in [1.807, 2.05) is 36.9 Å². The lowest BCUT2D eigenvalue weighted by Crippen LogP contribution is -2.49. The van der Waals surface area contributed by atoms with Gasteiger partial charge in [0, 0.05) is 37.9 Å². The zero-order valence-corrected chi connectivity index (χ0v) is 16.7. The predicted molar refractivity (Wildman–Crippen MR) is 108 cm³/mol. The molecule has 0 aliphatic carbocycles. The van der Waals surface area contributed by atoms with Crippen LogP contribution in [0.4, 0.5) is 5.95 Å². The molecule has 0 atom stereocenters. The maximum Gasteiger partial charge on any atom is 0.256 e. The first-order valence-corrected chi connectivity index (χ1v) is 9.44. The highest BCUT2D eigenvalue weighted by Crippen LogP contribution is 2.21. The van der Waals surface area contributed by atoms with Crippen LogP contribution in [0.2, 0.25) is 0 Å². The van der Waals surface area contributed by atoms with Crippen LogP contribution in [0.25, 0.3) is 5.69 Å². The Bertz CT molecular complexity index is 1010. The van der Waals surface area contributed by atoms with Crippen molar-refractivity contribution in [1.29, 1.82) is 0 Å². The molecule has 1 aliphatic rings. The fraction of sp³-hybridized carbons (Fsp3) is 0.350. The van der Waals surface area contributed by atoms with E-state index in [9.17, 15) is 4.79 Å². The molecule has 1 amide bonds. The van der Waals surface area contributed by atoms with Gasteiger partial charge in [-0.15, -0.1) is 10.2 Å². The summed E-state index contributed by atoms with van der Waals surface area (Å²) < 4.78 is 7.01. The lowest BCUT2D eigenvalue weighted by Gasteiger charge is -2.35. The van der Waals surface area contributed by atoms with E-state index < -0.39 is 0 Å². The summed E-state index contributed by atoms with van der Waals surface area (Å²) in [6, 6.07) is 7.62. The monoisotopic (exact) mass is 393 g/mol. The van der Waals surface area contributed by atoms with Crippen LogP contribution in [0.1, 0.15) is 21.6 Å². The van der Waals surface area contributed by atoms with Crippen LogP contribution in [0.15, 0.2) is 36.9 Å². The van der Waals surface area contributed by atoms with Crippen molar-refractivity contribution in [2.24, 2.45) is 0 Å². The summed E-state index contributed by atoms with van der Waals surface area (Å²) in [5, 5.41) is 7.71. The molecular formula is C20H23N7O2. The van der Waals surface area contributed by atoms with Gasteiger partial charge in [-0.2, -0.15) is 4.98 Å². The number of benzene rings is 1. The summed E-state index contributed by atoms with van der Waals surface area (Å²) >= 11 is 0. The first-order chi connectivity index (χ1) is 14.0. The summed E-state index contributed by atoms with van der Waals surface area (Å²) in [5.41, 5.74) is 3.30. The van der Waals surface area contributed by atoms with Gasteiger partial charge in [0.25, 0.3) is 5.91 Å². The number of carbonyl (C=O) groups is 1. The highest BCUT2D eigenvalue weighted by atomic mass is 16.5. The van der Waals surface area contributed by atoms with E-state index in [0.717, 1.165) is 16.9 Å². The van der Waals surface area contributed by atoms with Gasteiger partial charge in [0.15, 0.2) is 0 Å². The van der Waals surface area contributed by atoms with E-state index in [1.165, 1.54) is 0 Å². The number of aryl methyl sites for hydroxylation is 2. The molecule has 150 valence electrons. The Labute approximate surface area is 169 Å². The lowest BCUT2D eigenvalue weighted by molar-refractivity contribution is 0.0746. The minimum absolute atomic E-state index is 0.000193. The second kappa shape index (κ2) is 7.86. The number of piperazine rings is 1. The van der Waals surface area contributed by atoms with E-state index >= 15 is 0 Å². The Morgan fingerprint density at radius 1 is 1.00 bits per heavy atom. The number of anilines is 1. The molecule has 1 aliphatic heterocycles. The Morgan fingerprint density at radius 2 is 1.72 bits per heavy atom. The lowest BCUT2D eigenvalue weighted by atomic mass is 10.1. The topological polar surface area (TPSA) is 89.3 Å². The van der Waals surface area contributed by atoms with E-state index in [4.69, 9.17) is 4.74 Å². The molecule has 0 unspecified atom stereocenters. The van der Waals surface area contributed by atoms with Gasteiger partial charge in [0.1, 0.15) is 12.7 Å². The van der Waals surface area contributed by atoms with E-state index in [-0.39, 0.29) is 5.91 Å². The molecule has 1 saturated heterocycles. The molecule has 29 heavy (non-hydrogen) atoms. The summed E-state index contributed by atoms with van der Waals surface area (Å²) in [6.45, 7) is 6.39. The number of carbonyl (C=O) groups excluding carboxylic acids is 1. The van der Waals surface area contributed by atoms with Crippen molar-refractivity contribution < 1.29 is 9.53 Å². The normalized spacial score (nSPS) is 14.2. The Hall–Kier alpha value is -3.49. The maximum atomic E-state index is 13.3. The van der Waals surface area contributed by atoms with Crippen LogP contribution in [0, 0.1) is 13.8 Å². The van der Waals surface area contributed by atoms with Crippen molar-refractivity contribution in [2.45, 2.75) is 13.8 Å². The zero-order valence-electron chi connectivity index (χ0n) is 16.7. The predicted octanol–water partition coefficient (Wildman–Crippen LogP) is 1.65. The molecule has 3 aromatic rings. The smallest absolute Gasteiger partial charge is 0.256 e. The molecule has 1 fully saturated rings. The summed E-state index contributed by atoms with van der Waals surface area (Å²) in [4.78, 5) is 26.2. The van der Waals surface area contributed by atoms with Crippen LogP contribution in [-0.4, -0.2) is 68.8 Å². The van der Waals surface area contributed by atoms with Gasteiger partial charge in [-0.25, -0.2) is 4.98 Å². The molecule has 4 rings (SSSR count). The molecule has 0 N–H and O–H groups in total. The molecule has 2 aromatic heterocycles. The zero-order chi connectivity index (χ0) is 20.4. The number of hydrogen-bond donors (Lipinski definition) is 0. The highest BCUT2D eigenvalue weighted by Gasteiger charge is 2.26. The Kier molecular flexibility index (Phi) is 5.11. The molecule has 0 bridgehead atoms. The van der Waals surface area contributed by atoms with E-state index in [0.29, 0.717) is 43.6 Å². The van der Waals surface area contributed by atoms with Crippen molar-refractivity contribution >= 4 is 11.9 Å². The first kappa shape index (κ1) is 18.9. The molecule has 9 heteroatoms. The van der Waals surface area contributed by atoms with Crippen molar-refractivity contribution in [1.82, 2.24) is 29.6 Å². The molecule has 9 nitrogen and oxygen atoms in total.